The van der Waals surface area contributed by atoms with Gasteiger partial charge in [0.05, 0.1) is 12.2 Å². The summed E-state index contributed by atoms with van der Waals surface area (Å²) in [6.45, 7) is 2.55. The molecule has 0 aliphatic carbocycles. The van der Waals surface area contributed by atoms with E-state index in [1.807, 2.05) is 0 Å². The minimum Gasteiger partial charge on any atom is -0.383 e. The highest BCUT2D eigenvalue weighted by Gasteiger charge is 2.14. The van der Waals surface area contributed by atoms with Gasteiger partial charge in [0.2, 0.25) is 0 Å². The fourth-order valence-corrected chi connectivity index (χ4v) is 1.65. The Balaban J connectivity index is 2.42. The van der Waals surface area contributed by atoms with E-state index < -0.39 is 11.6 Å². The number of hydrogen-bond acceptors (Lipinski definition) is 3. The van der Waals surface area contributed by atoms with E-state index in [2.05, 4.69) is 10.2 Å². The second kappa shape index (κ2) is 5.22. The Hall–Kier alpha value is -1.82. The minimum absolute atomic E-state index is 0.238. The van der Waals surface area contributed by atoms with Gasteiger partial charge in [0.25, 0.3) is 0 Å². The van der Waals surface area contributed by atoms with Crippen molar-refractivity contribution in [2.24, 2.45) is 0 Å². The number of nitrogens with zero attached hydrogens (tertiary/aromatic N) is 3. The van der Waals surface area contributed by atoms with E-state index in [1.54, 1.807) is 18.6 Å². The number of hydrogen-bond donors (Lipinski definition) is 0. The average molecular weight is 253 g/mol. The van der Waals surface area contributed by atoms with Gasteiger partial charge in [-0.1, -0.05) is 0 Å². The number of halogens is 2. The van der Waals surface area contributed by atoms with E-state index >= 15 is 0 Å². The molecule has 0 spiro atoms. The molecule has 6 heteroatoms. The van der Waals surface area contributed by atoms with Gasteiger partial charge >= 0.3 is 0 Å². The molecule has 0 bridgehead atoms. The summed E-state index contributed by atoms with van der Waals surface area (Å²) < 4.78 is 33.6. The molecular formula is C12H13F2N3O. The number of aromatic nitrogens is 3. The quantitative estimate of drug-likeness (QED) is 0.838. The molecule has 0 amide bonds. The van der Waals surface area contributed by atoms with E-state index in [-0.39, 0.29) is 5.56 Å². The van der Waals surface area contributed by atoms with E-state index in [0.717, 1.165) is 6.07 Å². The highest BCUT2D eigenvalue weighted by atomic mass is 19.1. The molecule has 0 aliphatic rings. The minimum atomic E-state index is -0.648. The summed E-state index contributed by atoms with van der Waals surface area (Å²) in [7, 11) is 1.58. The van der Waals surface area contributed by atoms with Gasteiger partial charge in [-0.15, -0.1) is 10.2 Å². The Morgan fingerprint density at radius 1 is 1.28 bits per heavy atom. The zero-order valence-corrected chi connectivity index (χ0v) is 10.2. The van der Waals surface area contributed by atoms with Gasteiger partial charge in [0.1, 0.15) is 18.0 Å². The van der Waals surface area contributed by atoms with Gasteiger partial charge in [-0.25, -0.2) is 8.78 Å². The Bertz CT molecular complexity index is 554. The smallest absolute Gasteiger partial charge is 0.166 e. The SMILES string of the molecule is COCCn1cnnc1-c1cc(C)c(F)cc1F. The number of aryl methyl sites for hydroxylation is 1. The molecule has 0 atom stereocenters. The third-order valence-electron chi connectivity index (χ3n) is 2.64. The van der Waals surface area contributed by atoms with Crippen LogP contribution in [0.15, 0.2) is 18.5 Å². The molecule has 0 unspecified atom stereocenters. The Kier molecular flexibility index (Phi) is 3.66. The summed E-state index contributed by atoms with van der Waals surface area (Å²) in [4.78, 5) is 0. The predicted molar refractivity (Wildman–Crippen MR) is 62.0 cm³/mol. The lowest BCUT2D eigenvalue weighted by molar-refractivity contribution is 0.187. The third-order valence-corrected chi connectivity index (χ3v) is 2.64. The zero-order valence-electron chi connectivity index (χ0n) is 10.2. The molecule has 0 radical (unpaired) electrons. The van der Waals surface area contributed by atoms with Crippen LogP contribution in [0.1, 0.15) is 5.56 Å². The fraction of sp³-hybridized carbons (Fsp3) is 0.333. The van der Waals surface area contributed by atoms with Crippen LogP contribution in [0.5, 0.6) is 0 Å². The highest BCUT2D eigenvalue weighted by Crippen LogP contribution is 2.23. The summed E-state index contributed by atoms with van der Waals surface area (Å²) >= 11 is 0. The molecule has 0 N–H and O–H groups in total. The van der Waals surface area contributed by atoms with Gasteiger partial charge in [-0.3, -0.25) is 0 Å². The number of ether oxygens (including phenoxy) is 1. The first-order chi connectivity index (χ1) is 8.63. The molecule has 0 aliphatic heterocycles. The van der Waals surface area contributed by atoms with Crippen LogP contribution < -0.4 is 0 Å². The van der Waals surface area contributed by atoms with Crippen molar-refractivity contribution in [2.45, 2.75) is 13.5 Å². The maximum Gasteiger partial charge on any atom is 0.166 e. The normalized spacial score (nSPS) is 10.9. The molecule has 1 aromatic heterocycles. The lowest BCUT2D eigenvalue weighted by atomic mass is 10.1. The van der Waals surface area contributed by atoms with Crippen LogP contribution in [-0.2, 0) is 11.3 Å². The molecule has 96 valence electrons. The highest BCUT2D eigenvalue weighted by molar-refractivity contribution is 5.57. The monoisotopic (exact) mass is 253 g/mol. The van der Waals surface area contributed by atoms with Crippen LogP contribution in [0, 0.1) is 18.6 Å². The third kappa shape index (κ3) is 2.38. The van der Waals surface area contributed by atoms with Gasteiger partial charge in [0, 0.05) is 19.7 Å². The lowest BCUT2D eigenvalue weighted by Gasteiger charge is -2.08. The molecule has 2 aromatic rings. The van der Waals surface area contributed by atoms with Crippen LogP contribution in [0.3, 0.4) is 0 Å². The fourth-order valence-electron chi connectivity index (χ4n) is 1.65. The maximum absolute atomic E-state index is 13.7. The van der Waals surface area contributed by atoms with Crippen molar-refractivity contribution >= 4 is 0 Å². The molecule has 1 heterocycles. The van der Waals surface area contributed by atoms with E-state index in [0.29, 0.717) is 24.5 Å². The zero-order chi connectivity index (χ0) is 13.1. The number of methoxy groups -OCH3 is 1. The van der Waals surface area contributed by atoms with Gasteiger partial charge in [-0.2, -0.15) is 0 Å². The van der Waals surface area contributed by atoms with Crippen LogP contribution in [0.2, 0.25) is 0 Å². The van der Waals surface area contributed by atoms with Crippen molar-refractivity contribution < 1.29 is 13.5 Å². The second-order valence-electron chi connectivity index (χ2n) is 3.92. The molecule has 0 fully saturated rings. The van der Waals surface area contributed by atoms with Crippen LogP contribution in [0.25, 0.3) is 11.4 Å². The predicted octanol–water partition coefficient (Wildman–Crippen LogP) is 2.18. The van der Waals surface area contributed by atoms with Crippen molar-refractivity contribution in [1.82, 2.24) is 14.8 Å². The van der Waals surface area contributed by atoms with Gasteiger partial charge < -0.3 is 9.30 Å². The molecule has 0 saturated heterocycles. The van der Waals surface area contributed by atoms with Crippen molar-refractivity contribution in [2.75, 3.05) is 13.7 Å². The molecule has 2 rings (SSSR count). The van der Waals surface area contributed by atoms with Crippen LogP contribution in [-0.4, -0.2) is 28.5 Å². The standard InChI is InChI=1S/C12H13F2N3O/c1-8-5-9(11(14)6-10(8)13)12-16-15-7-17(12)3-4-18-2/h5-7H,3-4H2,1-2H3. The first-order valence-corrected chi connectivity index (χ1v) is 5.46. The number of benzene rings is 1. The lowest BCUT2D eigenvalue weighted by Crippen LogP contribution is -2.06. The van der Waals surface area contributed by atoms with Crippen molar-refractivity contribution in [3.63, 3.8) is 0 Å². The molecule has 4 nitrogen and oxygen atoms in total. The van der Waals surface area contributed by atoms with Gasteiger partial charge in [0.15, 0.2) is 5.82 Å². The summed E-state index contributed by atoms with van der Waals surface area (Å²) in [5.74, 6) is -0.850. The number of rotatable bonds is 4. The average Bonchev–Trinajstić information content (AvgIpc) is 2.79. The first kappa shape index (κ1) is 12.6. The Labute approximate surface area is 103 Å². The Morgan fingerprint density at radius 3 is 2.78 bits per heavy atom. The molecule has 0 saturated carbocycles. The second-order valence-corrected chi connectivity index (χ2v) is 3.92. The largest absolute Gasteiger partial charge is 0.383 e. The van der Waals surface area contributed by atoms with Gasteiger partial charge in [-0.05, 0) is 18.6 Å². The van der Waals surface area contributed by atoms with Crippen LogP contribution in [0.4, 0.5) is 8.78 Å². The first-order valence-electron chi connectivity index (χ1n) is 5.46. The molecule has 1 aromatic carbocycles. The summed E-state index contributed by atoms with van der Waals surface area (Å²) in [5.41, 5.74) is 0.607. The van der Waals surface area contributed by atoms with Crippen LogP contribution >= 0.6 is 0 Å². The summed E-state index contributed by atoms with van der Waals surface area (Å²) in [6, 6.07) is 2.29. The molecule has 18 heavy (non-hydrogen) atoms. The van der Waals surface area contributed by atoms with E-state index in [1.165, 1.54) is 12.4 Å². The van der Waals surface area contributed by atoms with Crippen molar-refractivity contribution in [3.8, 4) is 11.4 Å². The van der Waals surface area contributed by atoms with Crippen molar-refractivity contribution in [3.05, 3.63) is 35.7 Å². The van der Waals surface area contributed by atoms with E-state index in [4.69, 9.17) is 4.74 Å². The topological polar surface area (TPSA) is 39.9 Å². The van der Waals surface area contributed by atoms with Crippen molar-refractivity contribution in [1.29, 1.82) is 0 Å². The van der Waals surface area contributed by atoms with E-state index in [9.17, 15) is 8.78 Å². The Morgan fingerprint density at radius 2 is 2.06 bits per heavy atom. The summed E-state index contributed by atoms with van der Waals surface area (Å²) in [6.07, 6.45) is 1.49. The molecular weight excluding hydrogens is 240 g/mol. The maximum atomic E-state index is 13.7. The summed E-state index contributed by atoms with van der Waals surface area (Å²) in [5, 5.41) is 7.61.